The molecule has 344 valence electrons. The summed E-state index contributed by atoms with van der Waals surface area (Å²) in [5.41, 5.74) is -5.41. The number of sulfonamides is 1. The lowest BCUT2D eigenvalue weighted by molar-refractivity contribution is -0.141. The number of nitrogens with zero attached hydrogens (tertiary/aromatic N) is 7. The van der Waals surface area contributed by atoms with E-state index in [4.69, 9.17) is 11.6 Å². The van der Waals surface area contributed by atoms with Gasteiger partial charge in [-0.2, -0.15) is 32.1 Å². The number of nitrogens with one attached hydrogen (secondary N) is 2. The first-order valence-electron chi connectivity index (χ1n) is 19.4. The molecular weight excluding hydrogens is 940 g/mol. The molecular formula is C41H28ClF10N9O4S. The van der Waals surface area contributed by atoms with Crippen molar-refractivity contribution in [3.05, 3.63) is 128 Å². The van der Waals surface area contributed by atoms with Gasteiger partial charge in [0, 0.05) is 29.5 Å². The quantitative estimate of drug-likeness (QED) is 0.116. The van der Waals surface area contributed by atoms with Crippen molar-refractivity contribution in [3.8, 4) is 16.9 Å². The summed E-state index contributed by atoms with van der Waals surface area (Å²) in [4.78, 5) is 38.0. The average molecular weight is 968 g/mol. The topological polar surface area (TPSA) is 159 Å². The van der Waals surface area contributed by atoms with Crippen LogP contribution >= 0.6 is 11.6 Å². The highest BCUT2D eigenvalue weighted by atomic mass is 35.5. The van der Waals surface area contributed by atoms with E-state index in [1.54, 1.807) is 0 Å². The zero-order valence-corrected chi connectivity index (χ0v) is 34.9. The molecule has 2 aliphatic rings. The number of carbonyl (C=O) groups excluding carboxylic acids is 1. The van der Waals surface area contributed by atoms with E-state index in [9.17, 15) is 48.7 Å². The first-order chi connectivity index (χ1) is 31.0. The van der Waals surface area contributed by atoms with Crippen molar-refractivity contribution >= 4 is 55.3 Å². The number of fused-ring (bicyclic) bond motifs is 5. The zero-order valence-electron chi connectivity index (χ0n) is 33.3. The maximum absolute atomic E-state index is 15.5. The van der Waals surface area contributed by atoms with Crippen molar-refractivity contribution in [3.63, 3.8) is 0 Å². The Morgan fingerprint density at radius 1 is 0.970 bits per heavy atom. The fourth-order valence-electron chi connectivity index (χ4n) is 8.47. The number of anilines is 1. The van der Waals surface area contributed by atoms with Gasteiger partial charge in [0.2, 0.25) is 15.9 Å². The van der Waals surface area contributed by atoms with Crippen LogP contribution in [0.2, 0.25) is 5.02 Å². The molecule has 0 bridgehead atoms. The lowest BCUT2D eigenvalue weighted by atomic mass is 10.0. The van der Waals surface area contributed by atoms with Gasteiger partial charge in [0.25, 0.3) is 17.9 Å². The van der Waals surface area contributed by atoms with Crippen molar-refractivity contribution in [1.29, 1.82) is 0 Å². The Morgan fingerprint density at radius 2 is 1.68 bits per heavy atom. The summed E-state index contributed by atoms with van der Waals surface area (Å²) in [6, 6.07) is 10.1. The van der Waals surface area contributed by atoms with Gasteiger partial charge >= 0.3 is 6.18 Å². The first kappa shape index (κ1) is 44.6. The number of pyridine rings is 1. The normalized spacial score (nSPS) is 17.0. The van der Waals surface area contributed by atoms with Crippen LogP contribution in [0, 0.1) is 23.4 Å². The smallest absolute Gasteiger partial charge is 0.344 e. The molecule has 0 radical (unpaired) electrons. The van der Waals surface area contributed by atoms with Gasteiger partial charge in [-0.25, -0.2) is 40.3 Å². The largest absolute Gasteiger partial charge is 0.408 e. The number of aromatic nitrogens is 7. The number of benzene rings is 3. The molecule has 9 rings (SSSR count). The molecule has 4 heterocycles. The Labute approximate surface area is 369 Å². The molecule has 3 aromatic carbocycles. The van der Waals surface area contributed by atoms with E-state index in [0.29, 0.717) is 26.3 Å². The fourth-order valence-corrected chi connectivity index (χ4v) is 9.20. The highest BCUT2D eigenvalue weighted by Gasteiger charge is 2.67. The van der Waals surface area contributed by atoms with Gasteiger partial charge < -0.3 is 5.32 Å². The third-order valence-corrected chi connectivity index (χ3v) is 11.9. The van der Waals surface area contributed by atoms with E-state index in [2.05, 4.69) is 25.5 Å². The molecule has 0 saturated heterocycles. The van der Waals surface area contributed by atoms with E-state index < -0.39 is 146 Å². The monoisotopic (exact) mass is 967 g/mol. The molecule has 4 aromatic heterocycles. The van der Waals surface area contributed by atoms with E-state index in [-0.39, 0.29) is 33.7 Å². The summed E-state index contributed by atoms with van der Waals surface area (Å²) < 4.78 is 175. The minimum Gasteiger partial charge on any atom is -0.344 e. The number of amides is 1. The number of hydrogen-bond acceptors (Lipinski definition) is 8. The number of carbonyl (C=O) groups is 1. The lowest BCUT2D eigenvalue weighted by Gasteiger charge is -2.24. The van der Waals surface area contributed by atoms with E-state index in [1.165, 1.54) is 24.3 Å². The minimum absolute atomic E-state index is 0.0715. The van der Waals surface area contributed by atoms with E-state index in [0.717, 1.165) is 36.4 Å². The number of hydrogen-bond donors (Lipinski definition) is 2. The molecule has 1 amide bonds. The molecule has 7 aromatic rings. The van der Waals surface area contributed by atoms with Gasteiger partial charge in [0.15, 0.2) is 11.5 Å². The number of halogens is 11. The molecule has 2 N–H and O–H groups in total. The summed E-state index contributed by atoms with van der Waals surface area (Å²) in [6.07, 6.45) is -8.48. The standard InChI is InChI=1S/C41H28ClF10N9O4S/c1-66(64,65)58-37-31-24(42)7-9-28(33(31)60(57-37)16-40(48,49)50)61-38(55-36-21(39(61)63)6-8-26(54-36)20-4-2-3-5-25(20)45)27(12-17-10-18(43)13-19(44)11-17)53-29(62)15-59-34-30(32(56-59)35(46)47)22-14-23(22)41(34,51)52/h2-11,13,22-23,27,35H,12,14-16H2,1H3,(H,53,62)(H,57,58)/t22-,23+,27-/m0/s1. The van der Waals surface area contributed by atoms with E-state index in [1.807, 2.05) is 4.72 Å². The summed E-state index contributed by atoms with van der Waals surface area (Å²) in [7, 11) is -4.26. The average Bonchev–Trinajstić information content (AvgIpc) is 3.74. The Bertz CT molecular complexity index is 3320. The molecule has 0 unspecified atom stereocenters. The van der Waals surface area contributed by atoms with E-state index >= 15 is 13.2 Å². The molecule has 2 aliphatic carbocycles. The van der Waals surface area contributed by atoms with Crippen LogP contribution in [0.15, 0.2) is 71.5 Å². The Morgan fingerprint density at radius 3 is 2.35 bits per heavy atom. The summed E-state index contributed by atoms with van der Waals surface area (Å²) in [6.45, 7) is -3.06. The van der Waals surface area contributed by atoms with Crippen LogP contribution in [0.25, 0.3) is 38.9 Å². The van der Waals surface area contributed by atoms with Crippen molar-refractivity contribution in [2.75, 3.05) is 11.0 Å². The van der Waals surface area contributed by atoms with Gasteiger partial charge in [0.05, 0.1) is 45.0 Å². The molecule has 3 atom stereocenters. The Balaban J connectivity index is 1.29. The van der Waals surface area contributed by atoms with Gasteiger partial charge in [-0.3, -0.25) is 28.2 Å². The third-order valence-electron chi connectivity index (χ3n) is 11.1. The summed E-state index contributed by atoms with van der Waals surface area (Å²) >= 11 is 6.49. The second-order valence-corrected chi connectivity index (χ2v) is 17.9. The van der Waals surface area contributed by atoms with Gasteiger partial charge in [-0.1, -0.05) is 23.7 Å². The van der Waals surface area contributed by atoms with Crippen LogP contribution in [-0.2, 0) is 40.3 Å². The van der Waals surface area contributed by atoms with Crippen molar-refractivity contribution in [2.45, 2.75) is 56.4 Å². The number of alkyl halides is 7. The molecule has 66 heavy (non-hydrogen) atoms. The predicted molar refractivity (Wildman–Crippen MR) is 216 cm³/mol. The minimum atomic E-state index is -5.05. The second-order valence-electron chi connectivity index (χ2n) is 15.7. The maximum atomic E-state index is 15.5. The summed E-state index contributed by atoms with van der Waals surface area (Å²) in [5.74, 6) is -11.5. The molecule has 1 saturated carbocycles. The molecule has 25 heteroatoms. The van der Waals surface area contributed by atoms with Crippen LogP contribution in [-0.4, -0.2) is 60.9 Å². The van der Waals surface area contributed by atoms with Gasteiger partial charge in [0.1, 0.15) is 47.8 Å². The SMILES string of the molecule is CS(=O)(=O)Nc1nn(CC(F)(F)F)c2c(-n3c([C@H](Cc4cc(F)cc(F)c4)NC(=O)Cn4nc(C(F)F)c5c4C(F)(F)[C@@H]4C[C@H]54)nc4nc(-c5ccccc5F)ccc4c3=O)ccc(Cl)c12. The number of rotatable bonds is 12. The van der Waals surface area contributed by atoms with Gasteiger partial charge in [-0.15, -0.1) is 0 Å². The second kappa shape index (κ2) is 15.8. The highest BCUT2D eigenvalue weighted by Crippen LogP contribution is 2.68. The van der Waals surface area contributed by atoms with Crippen molar-refractivity contribution < 1.29 is 57.1 Å². The molecule has 0 spiro atoms. The Kier molecular flexibility index (Phi) is 10.7. The molecule has 13 nitrogen and oxygen atoms in total. The maximum Gasteiger partial charge on any atom is 0.408 e. The van der Waals surface area contributed by atoms with Crippen LogP contribution in [0.4, 0.5) is 49.7 Å². The van der Waals surface area contributed by atoms with Crippen molar-refractivity contribution in [1.82, 2.24) is 39.4 Å². The first-order valence-corrected chi connectivity index (χ1v) is 21.7. The zero-order chi connectivity index (χ0) is 47.4. The van der Waals surface area contributed by atoms with Crippen LogP contribution in [0.5, 0.6) is 0 Å². The molecule has 0 aliphatic heterocycles. The fraction of sp³-hybridized carbons (Fsp3) is 0.268. The Hall–Kier alpha value is -6.56. The lowest BCUT2D eigenvalue weighted by Crippen LogP contribution is -2.38. The summed E-state index contributed by atoms with van der Waals surface area (Å²) in [5, 5.41) is 8.75. The molecule has 1 fully saturated rings. The predicted octanol–water partition coefficient (Wildman–Crippen LogP) is 8.25. The highest BCUT2D eigenvalue weighted by molar-refractivity contribution is 7.92. The van der Waals surface area contributed by atoms with Crippen LogP contribution in [0.3, 0.4) is 0 Å². The van der Waals surface area contributed by atoms with Crippen LogP contribution < -0.4 is 15.6 Å². The third kappa shape index (κ3) is 8.08. The van der Waals surface area contributed by atoms with Crippen LogP contribution in [0.1, 0.15) is 53.1 Å². The van der Waals surface area contributed by atoms with Gasteiger partial charge in [-0.05, 0) is 66.4 Å². The van der Waals surface area contributed by atoms with Crippen molar-refractivity contribution in [2.24, 2.45) is 5.92 Å².